The van der Waals surface area contributed by atoms with Gasteiger partial charge in [0.15, 0.2) is 5.96 Å². The fraction of sp³-hybridized carbons (Fsp3) is 0.345. The van der Waals surface area contributed by atoms with Crippen molar-refractivity contribution in [2.45, 2.75) is 43.9 Å². The zero-order chi connectivity index (χ0) is 35.3. The van der Waals surface area contributed by atoms with E-state index in [1.54, 1.807) is 41.3 Å². The number of amides is 3. The Bertz CT molecular complexity index is 1460. The normalized spacial score (nSPS) is 14.3. The number of guanidine groups is 1. The second-order valence-corrected chi connectivity index (χ2v) is 10.2. The van der Waals surface area contributed by atoms with Crippen LogP contribution in [0.3, 0.4) is 0 Å². The van der Waals surface area contributed by atoms with Crippen LogP contribution in [0.2, 0.25) is 0 Å². The highest BCUT2D eigenvalue weighted by molar-refractivity contribution is 6.01. The first kappa shape index (κ1) is 37.5. The number of piperidine rings is 1. The number of carboxylic acid groups (broad SMARTS) is 3. The van der Waals surface area contributed by atoms with E-state index in [4.69, 9.17) is 21.0 Å². The smallest absolute Gasteiger partial charge is 0.481 e. The minimum Gasteiger partial charge on any atom is -0.481 e. The van der Waals surface area contributed by atoms with Gasteiger partial charge in [0.2, 0.25) is 11.8 Å². The number of hydrogen-bond donors (Lipinski definition) is 8. The van der Waals surface area contributed by atoms with Gasteiger partial charge in [-0.1, -0.05) is 36.4 Å². The topological polar surface area (TPSA) is 252 Å². The Hall–Kier alpha value is -5.68. The van der Waals surface area contributed by atoms with Crippen LogP contribution in [0.25, 0.3) is 0 Å². The van der Waals surface area contributed by atoms with E-state index in [0.29, 0.717) is 37.2 Å². The Balaban J connectivity index is 0.000000984. The average molecular weight is 667 g/mol. The van der Waals surface area contributed by atoms with Crippen molar-refractivity contribution >= 4 is 47.3 Å². The summed E-state index contributed by atoms with van der Waals surface area (Å²) in [7, 11) is 0. The number of nitrogens with one attached hydrogen (secondary N) is 4. The summed E-state index contributed by atoms with van der Waals surface area (Å²) in [5.74, 6) is -7.76. The van der Waals surface area contributed by atoms with Gasteiger partial charge in [-0.25, -0.2) is 9.59 Å². The fourth-order valence-electron chi connectivity index (χ4n) is 4.31. The third-order valence-electron chi connectivity index (χ3n) is 6.74. The lowest BCUT2D eigenvalue weighted by Gasteiger charge is -2.31. The molecule has 0 spiro atoms. The molecular weight excluding hydrogens is 633 g/mol. The molecule has 3 amide bonds. The van der Waals surface area contributed by atoms with Gasteiger partial charge < -0.3 is 41.9 Å². The number of carboxylic acids is 3. The summed E-state index contributed by atoms with van der Waals surface area (Å²) in [6.45, 7) is 0.966. The first-order chi connectivity index (χ1) is 22.0. The summed E-state index contributed by atoms with van der Waals surface area (Å²) >= 11 is 0. The van der Waals surface area contributed by atoms with Crippen LogP contribution in [0.4, 0.5) is 18.9 Å². The minimum atomic E-state index is -5.08. The maximum absolute atomic E-state index is 12.9. The van der Waals surface area contributed by atoms with Crippen molar-refractivity contribution in [2.75, 3.05) is 18.4 Å². The number of carbonyl (C=O) groups is 6. The van der Waals surface area contributed by atoms with Gasteiger partial charge >= 0.3 is 24.1 Å². The van der Waals surface area contributed by atoms with Gasteiger partial charge in [-0.15, -0.1) is 0 Å². The highest BCUT2D eigenvalue weighted by Crippen LogP contribution is 2.20. The van der Waals surface area contributed by atoms with Crippen LogP contribution in [-0.2, 0) is 30.4 Å². The fourth-order valence-corrected chi connectivity index (χ4v) is 4.31. The second-order valence-electron chi connectivity index (χ2n) is 10.2. The number of nitrogens with zero attached hydrogens (tertiary/aromatic N) is 1. The maximum atomic E-state index is 12.9. The van der Waals surface area contributed by atoms with Crippen molar-refractivity contribution in [3.8, 4) is 0 Å². The standard InChI is InChI=1S/C27H32N6O7.C2HF3O2/c28-27(29)33-11-9-17(10-12-33)23(36)30-19-8-4-7-18(14-19)24(37)31-20(15-22(34)35)25(38)32-21(26(39)40)13-16-5-2-1-3-6-16;3-2(4,5)1(6)7/h1-8,14,17,20-21H,9-13,15H2,(H3,28,29)(H,30,36)(H,31,37)(H,32,38)(H,34,35)(H,39,40);(H,6,7)/t20-,21-;/m0./s1. The molecule has 0 aliphatic carbocycles. The Morgan fingerprint density at radius 2 is 1.51 bits per heavy atom. The molecule has 1 aliphatic heterocycles. The summed E-state index contributed by atoms with van der Waals surface area (Å²) in [4.78, 5) is 72.3. The number of likely N-dealkylation sites (tertiary alicyclic amines) is 1. The van der Waals surface area contributed by atoms with E-state index in [9.17, 15) is 47.4 Å². The van der Waals surface area contributed by atoms with Gasteiger partial charge in [0.05, 0.1) is 6.42 Å². The third-order valence-corrected chi connectivity index (χ3v) is 6.74. The molecule has 0 unspecified atom stereocenters. The number of hydrogen-bond acceptors (Lipinski definition) is 7. The van der Waals surface area contributed by atoms with E-state index >= 15 is 0 Å². The monoisotopic (exact) mass is 666 g/mol. The van der Waals surface area contributed by atoms with Gasteiger partial charge in [-0.2, -0.15) is 13.2 Å². The van der Waals surface area contributed by atoms with Gasteiger partial charge in [-0.3, -0.25) is 24.6 Å². The zero-order valence-electron chi connectivity index (χ0n) is 24.6. The summed E-state index contributed by atoms with van der Waals surface area (Å²) < 4.78 is 31.7. The molecular formula is C29H33F3N6O9. The second kappa shape index (κ2) is 17.1. The number of anilines is 1. The molecule has 47 heavy (non-hydrogen) atoms. The molecule has 2 aromatic rings. The Morgan fingerprint density at radius 1 is 0.915 bits per heavy atom. The average Bonchev–Trinajstić information content (AvgIpc) is 3.00. The summed E-state index contributed by atoms with van der Waals surface area (Å²) in [6.07, 6.45) is -4.87. The van der Waals surface area contributed by atoms with Gasteiger partial charge in [0.25, 0.3) is 5.91 Å². The molecule has 254 valence electrons. The van der Waals surface area contributed by atoms with E-state index in [0.717, 1.165) is 0 Å². The number of aliphatic carboxylic acids is 3. The van der Waals surface area contributed by atoms with E-state index in [-0.39, 0.29) is 29.8 Å². The molecule has 18 heteroatoms. The largest absolute Gasteiger partial charge is 0.490 e. The molecule has 3 rings (SSSR count). The predicted octanol–water partition coefficient (Wildman–Crippen LogP) is 1.25. The van der Waals surface area contributed by atoms with Crippen molar-refractivity contribution in [3.05, 3.63) is 65.7 Å². The van der Waals surface area contributed by atoms with Gasteiger partial charge in [0.1, 0.15) is 12.1 Å². The first-order valence-electron chi connectivity index (χ1n) is 13.9. The lowest BCUT2D eigenvalue weighted by Crippen LogP contribution is -2.52. The van der Waals surface area contributed by atoms with Gasteiger partial charge in [-0.05, 0) is 36.6 Å². The SMILES string of the molecule is N=C(N)N1CCC(C(=O)Nc2cccc(C(=O)N[C@@H](CC(=O)O)C(=O)N[C@@H](Cc3ccccc3)C(=O)O)c2)CC1.O=C(O)C(F)(F)F. The lowest BCUT2D eigenvalue weighted by atomic mass is 9.96. The maximum Gasteiger partial charge on any atom is 0.490 e. The quantitative estimate of drug-likeness (QED) is 0.125. The van der Waals surface area contributed by atoms with E-state index in [2.05, 4.69) is 16.0 Å². The minimum absolute atomic E-state index is 0.0365. The summed E-state index contributed by atoms with van der Waals surface area (Å²) in [5.41, 5.74) is 6.54. The summed E-state index contributed by atoms with van der Waals surface area (Å²) in [6, 6.07) is 11.6. The first-order valence-corrected chi connectivity index (χ1v) is 13.9. The van der Waals surface area contributed by atoms with Crippen molar-refractivity contribution in [3.63, 3.8) is 0 Å². The molecule has 1 saturated heterocycles. The molecule has 0 radical (unpaired) electrons. The highest BCUT2D eigenvalue weighted by Gasteiger charge is 2.38. The molecule has 1 heterocycles. The predicted molar refractivity (Wildman–Crippen MR) is 158 cm³/mol. The Kier molecular flexibility index (Phi) is 13.7. The molecule has 1 fully saturated rings. The molecule has 1 aliphatic rings. The van der Waals surface area contributed by atoms with Crippen molar-refractivity contribution < 1.29 is 57.3 Å². The number of benzene rings is 2. The van der Waals surface area contributed by atoms with Crippen LogP contribution >= 0.6 is 0 Å². The number of alkyl halides is 3. The summed E-state index contributed by atoms with van der Waals surface area (Å²) in [5, 5.41) is 40.9. The molecule has 2 atom stereocenters. The number of nitrogens with two attached hydrogens (primary N) is 1. The molecule has 0 saturated carbocycles. The van der Waals surface area contributed by atoms with E-state index in [1.807, 2.05) is 0 Å². The van der Waals surface area contributed by atoms with Crippen molar-refractivity contribution in [1.82, 2.24) is 15.5 Å². The van der Waals surface area contributed by atoms with Crippen molar-refractivity contribution in [2.24, 2.45) is 11.7 Å². The van der Waals surface area contributed by atoms with Crippen LogP contribution in [0.1, 0.15) is 35.2 Å². The zero-order valence-corrected chi connectivity index (χ0v) is 24.6. The van der Waals surface area contributed by atoms with Gasteiger partial charge in [0, 0.05) is 36.7 Å². The van der Waals surface area contributed by atoms with E-state index < -0.39 is 54.4 Å². The number of halogens is 3. The van der Waals surface area contributed by atoms with E-state index in [1.165, 1.54) is 18.2 Å². The Labute approximate surface area is 265 Å². The molecule has 0 aromatic heterocycles. The molecule has 15 nitrogen and oxygen atoms in total. The number of carbonyl (C=O) groups excluding carboxylic acids is 3. The van der Waals surface area contributed by atoms with Crippen LogP contribution in [0, 0.1) is 11.3 Å². The lowest BCUT2D eigenvalue weighted by molar-refractivity contribution is -0.192. The number of rotatable bonds is 11. The molecule has 0 bridgehead atoms. The molecule has 2 aromatic carbocycles. The highest BCUT2D eigenvalue weighted by atomic mass is 19.4. The van der Waals surface area contributed by atoms with Crippen LogP contribution in [0.5, 0.6) is 0 Å². The van der Waals surface area contributed by atoms with Crippen LogP contribution in [-0.4, -0.2) is 93.2 Å². The molecule has 9 N–H and O–H groups in total. The van der Waals surface area contributed by atoms with Crippen LogP contribution < -0.4 is 21.7 Å². The Morgan fingerprint density at radius 3 is 2.02 bits per heavy atom. The third kappa shape index (κ3) is 12.7. The van der Waals surface area contributed by atoms with Crippen LogP contribution in [0.15, 0.2) is 54.6 Å². The van der Waals surface area contributed by atoms with Crippen molar-refractivity contribution in [1.29, 1.82) is 5.41 Å².